The maximum atomic E-state index is 15.0. The third kappa shape index (κ3) is 2.99. The highest BCUT2D eigenvalue weighted by atomic mass is 79.9. The Balaban J connectivity index is 1.90. The minimum Gasteiger partial charge on any atom is -0.454 e. The van der Waals surface area contributed by atoms with E-state index in [4.69, 9.17) is 4.42 Å². The molecule has 2 nitrogen and oxygen atoms in total. The Morgan fingerprint density at radius 1 is 0.645 bits per heavy atom. The number of anilines is 3. The summed E-state index contributed by atoms with van der Waals surface area (Å²) in [6, 6.07) is 20.6. The van der Waals surface area contributed by atoms with Gasteiger partial charge < -0.3 is 9.32 Å². The normalized spacial score (nSPS) is 11.4. The van der Waals surface area contributed by atoms with Gasteiger partial charge in [0, 0.05) is 16.5 Å². The van der Waals surface area contributed by atoms with Crippen LogP contribution in [0.5, 0.6) is 0 Å². The van der Waals surface area contributed by atoms with Crippen LogP contribution < -0.4 is 4.90 Å². The van der Waals surface area contributed by atoms with Gasteiger partial charge in [0.05, 0.1) is 10.2 Å². The standard InChI is InChI=1S/C24H12BrF4NO/c25-18-19(26)21(28)23(22(29)20(18)27)30(13-7-2-1-3-8-13)16-11-6-10-15-14-9-4-5-12-17(14)31-24(15)16/h1-12H. The molecule has 7 heteroatoms. The first kappa shape index (κ1) is 19.6. The molecule has 0 aliphatic rings. The zero-order chi connectivity index (χ0) is 21.7. The van der Waals surface area contributed by atoms with Crippen molar-refractivity contribution in [3.8, 4) is 0 Å². The van der Waals surface area contributed by atoms with E-state index in [0.717, 1.165) is 10.3 Å². The number of fused-ring (bicyclic) bond motifs is 3. The van der Waals surface area contributed by atoms with E-state index in [1.165, 1.54) is 0 Å². The molecule has 1 heterocycles. The monoisotopic (exact) mass is 485 g/mol. The minimum absolute atomic E-state index is 0.235. The lowest BCUT2D eigenvalue weighted by Crippen LogP contribution is -2.16. The number of hydrogen-bond donors (Lipinski definition) is 0. The molecule has 0 amide bonds. The zero-order valence-corrected chi connectivity index (χ0v) is 17.3. The number of hydrogen-bond acceptors (Lipinski definition) is 2. The lowest BCUT2D eigenvalue weighted by atomic mass is 10.1. The molecule has 0 aliphatic carbocycles. The minimum atomic E-state index is -1.53. The van der Waals surface area contributed by atoms with Crippen molar-refractivity contribution in [2.75, 3.05) is 4.90 Å². The second-order valence-electron chi connectivity index (χ2n) is 6.84. The van der Waals surface area contributed by atoms with Crippen LogP contribution in [0, 0.1) is 23.3 Å². The topological polar surface area (TPSA) is 16.4 Å². The molecule has 31 heavy (non-hydrogen) atoms. The van der Waals surface area contributed by atoms with E-state index < -0.39 is 33.4 Å². The highest BCUT2D eigenvalue weighted by molar-refractivity contribution is 9.10. The van der Waals surface area contributed by atoms with Crippen LogP contribution >= 0.6 is 15.9 Å². The molecule has 0 saturated heterocycles. The van der Waals surface area contributed by atoms with Crippen LogP contribution in [0.15, 0.2) is 81.7 Å². The summed E-state index contributed by atoms with van der Waals surface area (Å²) in [6.45, 7) is 0. The van der Waals surface area contributed by atoms with E-state index in [9.17, 15) is 8.78 Å². The fourth-order valence-corrected chi connectivity index (χ4v) is 4.01. The van der Waals surface area contributed by atoms with E-state index in [-0.39, 0.29) is 5.69 Å². The maximum absolute atomic E-state index is 15.0. The molecule has 0 spiro atoms. The summed E-state index contributed by atoms with van der Waals surface area (Å²) >= 11 is 2.57. The summed E-state index contributed by atoms with van der Waals surface area (Å²) in [5.41, 5.74) is 0.563. The Kier molecular flexibility index (Phi) is 4.70. The number of rotatable bonds is 3. The van der Waals surface area contributed by atoms with Gasteiger partial charge in [0.2, 0.25) is 0 Å². The fourth-order valence-electron chi connectivity index (χ4n) is 3.66. The summed E-state index contributed by atoms with van der Waals surface area (Å²) in [5.74, 6) is -6.09. The Labute approximate surface area is 182 Å². The first-order valence-corrected chi connectivity index (χ1v) is 10.0. The highest BCUT2D eigenvalue weighted by Crippen LogP contribution is 2.45. The molecule has 0 bridgehead atoms. The summed E-state index contributed by atoms with van der Waals surface area (Å²) in [5, 5.41) is 1.51. The Bertz CT molecular complexity index is 1420. The lowest BCUT2D eigenvalue weighted by Gasteiger charge is -2.26. The summed E-state index contributed by atoms with van der Waals surface area (Å²) in [7, 11) is 0. The third-order valence-electron chi connectivity index (χ3n) is 5.05. The van der Waals surface area contributed by atoms with Crippen molar-refractivity contribution in [1.82, 2.24) is 0 Å². The predicted molar refractivity (Wildman–Crippen MR) is 116 cm³/mol. The lowest BCUT2D eigenvalue weighted by molar-refractivity contribution is 0.449. The summed E-state index contributed by atoms with van der Waals surface area (Å²) in [6.07, 6.45) is 0. The fraction of sp³-hybridized carbons (Fsp3) is 0. The first-order chi connectivity index (χ1) is 15.0. The van der Waals surface area contributed by atoms with Crippen LogP contribution in [0.3, 0.4) is 0 Å². The molecular weight excluding hydrogens is 474 g/mol. The van der Waals surface area contributed by atoms with Gasteiger partial charge in [-0.15, -0.1) is 0 Å². The molecule has 0 fully saturated rings. The quantitative estimate of drug-likeness (QED) is 0.145. The summed E-state index contributed by atoms with van der Waals surface area (Å²) < 4.78 is 64.0. The third-order valence-corrected chi connectivity index (χ3v) is 5.75. The van der Waals surface area contributed by atoms with Crippen LogP contribution in [0.4, 0.5) is 34.6 Å². The van der Waals surface area contributed by atoms with Crippen molar-refractivity contribution >= 4 is 54.9 Å². The maximum Gasteiger partial charge on any atom is 0.187 e. The van der Waals surface area contributed by atoms with Crippen LogP contribution in [-0.4, -0.2) is 0 Å². The van der Waals surface area contributed by atoms with Gasteiger partial charge in [0.15, 0.2) is 28.9 Å². The van der Waals surface area contributed by atoms with E-state index in [1.807, 2.05) is 18.2 Å². The van der Waals surface area contributed by atoms with Gasteiger partial charge in [-0.3, -0.25) is 0 Å². The second kappa shape index (κ2) is 7.42. The molecule has 154 valence electrons. The van der Waals surface area contributed by atoms with Crippen LogP contribution in [0.2, 0.25) is 0 Å². The smallest absolute Gasteiger partial charge is 0.187 e. The van der Waals surface area contributed by atoms with Gasteiger partial charge >= 0.3 is 0 Å². The van der Waals surface area contributed by atoms with Crippen molar-refractivity contribution in [3.63, 3.8) is 0 Å². The van der Waals surface area contributed by atoms with Crippen LogP contribution in [-0.2, 0) is 0 Å². The Morgan fingerprint density at radius 3 is 1.97 bits per heavy atom. The predicted octanol–water partition coefficient (Wildman–Crippen LogP) is 8.37. The largest absolute Gasteiger partial charge is 0.454 e. The molecule has 5 rings (SSSR count). The first-order valence-electron chi connectivity index (χ1n) is 9.26. The van der Waals surface area contributed by atoms with E-state index in [0.29, 0.717) is 22.2 Å². The van der Waals surface area contributed by atoms with Crippen LogP contribution in [0.25, 0.3) is 21.9 Å². The Hall–Kier alpha value is -3.32. The van der Waals surface area contributed by atoms with E-state index in [1.54, 1.807) is 54.6 Å². The van der Waals surface area contributed by atoms with Gasteiger partial charge in [-0.2, -0.15) is 0 Å². The molecule has 0 atom stereocenters. The number of furan rings is 1. The second-order valence-corrected chi connectivity index (χ2v) is 7.63. The van der Waals surface area contributed by atoms with Gasteiger partial charge in [-0.05, 0) is 40.2 Å². The SMILES string of the molecule is Fc1c(F)c(N(c2ccccc2)c2cccc3c2oc2ccccc23)c(F)c(F)c1Br. The van der Waals surface area contributed by atoms with Crippen LogP contribution in [0.1, 0.15) is 0 Å². The number of halogens is 5. The number of para-hydroxylation sites is 3. The molecule has 5 aromatic rings. The molecular formula is C24H12BrF4NO. The molecule has 0 N–H and O–H groups in total. The van der Waals surface area contributed by atoms with Crippen molar-refractivity contribution in [1.29, 1.82) is 0 Å². The summed E-state index contributed by atoms with van der Waals surface area (Å²) in [4.78, 5) is 1.12. The number of nitrogens with zero attached hydrogens (tertiary/aromatic N) is 1. The zero-order valence-electron chi connectivity index (χ0n) is 15.7. The molecule has 0 unspecified atom stereocenters. The van der Waals surface area contributed by atoms with Crippen molar-refractivity contribution < 1.29 is 22.0 Å². The molecule has 4 aromatic carbocycles. The molecule has 0 aliphatic heterocycles. The Morgan fingerprint density at radius 2 is 1.26 bits per heavy atom. The van der Waals surface area contributed by atoms with Gasteiger partial charge in [0.25, 0.3) is 0 Å². The van der Waals surface area contributed by atoms with E-state index >= 15 is 8.78 Å². The number of benzene rings is 4. The highest BCUT2D eigenvalue weighted by Gasteiger charge is 2.31. The van der Waals surface area contributed by atoms with Gasteiger partial charge in [0.1, 0.15) is 11.3 Å². The molecule has 0 radical (unpaired) electrons. The average molecular weight is 486 g/mol. The van der Waals surface area contributed by atoms with Crippen molar-refractivity contribution in [3.05, 3.63) is 101 Å². The average Bonchev–Trinajstić information content (AvgIpc) is 3.19. The van der Waals surface area contributed by atoms with E-state index in [2.05, 4.69) is 15.9 Å². The van der Waals surface area contributed by atoms with Gasteiger partial charge in [-0.25, -0.2) is 17.6 Å². The van der Waals surface area contributed by atoms with Crippen molar-refractivity contribution in [2.45, 2.75) is 0 Å². The van der Waals surface area contributed by atoms with Crippen molar-refractivity contribution in [2.24, 2.45) is 0 Å². The van der Waals surface area contributed by atoms with Gasteiger partial charge in [-0.1, -0.05) is 48.5 Å². The molecule has 0 saturated carbocycles. The molecule has 1 aromatic heterocycles.